The quantitative estimate of drug-likeness (QED) is 0.396. The lowest BCUT2D eigenvalue weighted by Gasteiger charge is -2.09. The average Bonchev–Trinajstić information content (AvgIpc) is 3.23. The number of nitrogens with zero attached hydrogens (tertiary/aromatic N) is 2. The van der Waals surface area contributed by atoms with Crippen molar-refractivity contribution in [3.05, 3.63) is 72.3 Å². The Morgan fingerprint density at radius 1 is 1.10 bits per heavy atom. The van der Waals surface area contributed by atoms with Crippen molar-refractivity contribution in [1.82, 2.24) is 14.9 Å². The van der Waals surface area contributed by atoms with E-state index < -0.39 is 0 Å². The predicted molar refractivity (Wildman–Crippen MR) is 117 cm³/mol. The molecule has 1 aromatic heterocycles. The van der Waals surface area contributed by atoms with E-state index in [4.69, 9.17) is 0 Å². The second-order valence-corrected chi connectivity index (χ2v) is 7.52. The van der Waals surface area contributed by atoms with Crippen molar-refractivity contribution in [3.8, 4) is 5.69 Å². The number of unbranched alkanes of at least 4 members (excludes halogenated alkanes) is 1. The van der Waals surface area contributed by atoms with Crippen LogP contribution in [0.2, 0.25) is 0 Å². The van der Waals surface area contributed by atoms with Crippen molar-refractivity contribution in [2.75, 3.05) is 17.6 Å². The van der Waals surface area contributed by atoms with Crippen LogP contribution in [0.3, 0.4) is 0 Å². The molecule has 2 amide bonds. The molecule has 0 aliphatic heterocycles. The normalized spacial score (nSPS) is 10.6. The number of imidazole rings is 1. The Balaban J connectivity index is 1.58. The number of thioether (sulfide) groups is 1. The minimum atomic E-state index is -0.353. The summed E-state index contributed by atoms with van der Waals surface area (Å²) in [6.45, 7) is 2.74. The van der Waals surface area contributed by atoms with Gasteiger partial charge in [-0.05, 0) is 55.0 Å². The minimum Gasteiger partial charge on any atom is -0.352 e. The first-order chi connectivity index (χ1) is 14.6. The zero-order valence-corrected chi connectivity index (χ0v) is 17.4. The summed E-state index contributed by atoms with van der Waals surface area (Å²) in [6.07, 6.45) is 5.44. The van der Waals surface area contributed by atoms with Crippen LogP contribution in [-0.2, 0) is 4.79 Å². The van der Waals surface area contributed by atoms with Gasteiger partial charge in [0.2, 0.25) is 5.91 Å². The highest BCUT2D eigenvalue weighted by Gasteiger charge is 2.11. The number of benzene rings is 2. The molecule has 30 heavy (non-hydrogen) atoms. The van der Waals surface area contributed by atoms with Crippen molar-refractivity contribution in [2.24, 2.45) is 0 Å². The molecular formula is C22H23FN4O2S. The molecule has 2 N–H and O–H groups in total. The molecule has 3 rings (SSSR count). The average molecular weight is 427 g/mol. The molecule has 2 aromatic carbocycles. The van der Waals surface area contributed by atoms with Gasteiger partial charge in [-0.3, -0.25) is 14.2 Å². The molecular weight excluding hydrogens is 403 g/mol. The molecule has 0 atom stereocenters. The van der Waals surface area contributed by atoms with Gasteiger partial charge in [0.05, 0.1) is 5.75 Å². The summed E-state index contributed by atoms with van der Waals surface area (Å²) in [7, 11) is 0. The number of halogens is 1. The third-order valence-corrected chi connectivity index (χ3v) is 5.26. The van der Waals surface area contributed by atoms with Crippen molar-refractivity contribution >= 4 is 29.3 Å². The predicted octanol–water partition coefficient (Wildman–Crippen LogP) is 4.27. The summed E-state index contributed by atoms with van der Waals surface area (Å²) in [5, 5.41) is 6.27. The van der Waals surface area contributed by atoms with Crippen LogP contribution in [0.1, 0.15) is 30.1 Å². The molecule has 0 unspecified atom stereocenters. The molecule has 8 heteroatoms. The summed E-state index contributed by atoms with van der Waals surface area (Å²) in [4.78, 5) is 28.6. The van der Waals surface area contributed by atoms with E-state index in [0.29, 0.717) is 23.0 Å². The van der Waals surface area contributed by atoms with Gasteiger partial charge in [-0.25, -0.2) is 9.37 Å². The van der Waals surface area contributed by atoms with E-state index in [1.165, 1.54) is 36.0 Å². The zero-order chi connectivity index (χ0) is 21.3. The third kappa shape index (κ3) is 5.93. The van der Waals surface area contributed by atoms with Crippen molar-refractivity contribution in [3.63, 3.8) is 0 Å². The van der Waals surface area contributed by atoms with Crippen LogP contribution in [0, 0.1) is 5.82 Å². The van der Waals surface area contributed by atoms with E-state index in [2.05, 4.69) is 22.5 Å². The van der Waals surface area contributed by atoms with E-state index in [1.54, 1.807) is 24.5 Å². The summed E-state index contributed by atoms with van der Waals surface area (Å²) >= 11 is 1.29. The molecule has 0 saturated carbocycles. The van der Waals surface area contributed by atoms with Gasteiger partial charge in [0.25, 0.3) is 5.91 Å². The molecule has 0 fully saturated rings. The van der Waals surface area contributed by atoms with E-state index >= 15 is 0 Å². The van der Waals surface area contributed by atoms with Crippen molar-refractivity contribution in [1.29, 1.82) is 0 Å². The fourth-order valence-corrected chi connectivity index (χ4v) is 3.48. The maximum Gasteiger partial charge on any atom is 0.251 e. The summed E-state index contributed by atoms with van der Waals surface area (Å²) in [5.41, 5.74) is 1.99. The van der Waals surface area contributed by atoms with Gasteiger partial charge < -0.3 is 10.6 Å². The Labute approximate surface area is 178 Å². The van der Waals surface area contributed by atoms with Crippen LogP contribution in [0.15, 0.2) is 66.1 Å². The highest BCUT2D eigenvalue weighted by molar-refractivity contribution is 7.99. The molecule has 0 aliphatic rings. The Bertz CT molecular complexity index is 987. The van der Waals surface area contributed by atoms with Crippen LogP contribution < -0.4 is 10.6 Å². The van der Waals surface area contributed by atoms with E-state index in [-0.39, 0.29) is 23.4 Å². The second-order valence-electron chi connectivity index (χ2n) is 6.58. The lowest BCUT2D eigenvalue weighted by molar-refractivity contribution is -0.113. The van der Waals surface area contributed by atoms with Gasteiger partial charge in [0.15, 0.2) is 5.16 Å². The number of amides is 2. The second kappa shape index (κ2) is 10.6. The third-order valence-electron chi connectivity index (χ3n) is 4.29. The summed E-state index contributed by atoms with van der Waals surface area (Å²) < 4.78 is 14.8. The van der Waals surface area contributed by atoms with Crippen LogP contribution in [-0.4, -0.2) is 33.7 Å². The Morgan fingerprint density at radius 3 is 2.53 bits per heavy atom. The van der Waals surface area contributed by atoms with Gasteiger partial charge in [-0.1, -0.05) is 25.1 Å². The van der Waals surface area contributed by atoms with Gasteiger partial charge in [-0.15, -0.1) is 0 Å². The lowest BCUT2D eigenvalue weighted by Crippen LogP contribution is -2.24. The highest BCUT2D eigenvalue weighted by atomic mass is 32.2. The van der Waals surface area contributed by atoms with E-state index in [1.807, 2.05) is 16.7 Å². The molecule has 1 heterocycles. The topological polar surface area (TPSA) is 76.0 Å². The van der Waals surface area contributed by atoms with Gasteiger partial charge in [0.1, 0.15) is 5.82 Å². The maximum absolute atomic E-state index is 13.0. The van der Waals surface area contributed by atoms with Crippen LogP contribution >= 0.6 is 11.8 Å². The SMILES string of the molecule is CCCCNC(=O)c1ccc(-n2ccnc2SCC(=O)Nc2ccc(F)cc2)cc1. The fraction of sp³-hybridized carbons (Fsp3) is 0.227. The van der Waals surface area contributed by atoms with E-state index in [9.17, 15) is 14.0 Å². The van der Waals surface area contributed by atoms with Crippen molar-refractivity contribution in [2.45, 2.75) is 24.9 Å². The van der Waals surface area contributed by atoms with Crippen LogP contribution in [0.5, 0.6) is 0 Å². The highest BCUT2D eigenvalue weighted by Crippen LogP contribution is 2.21. The number of carbonyl (C=O) groups is 2. The van der Waals surface area contributed by atoms with Crippen LogP contribution in [0.4, 0.5) is 10.1 Å². The molecule has 156 valence electrons. The standard InChI is InChI=1S/C22H23FN4O2S/c1-2-3-12-24-21(29)16-4-10-19(11-5-16)27-14-13-25-22(27)30-15-20(28)26-18-8-6-17(23)7-9-18/h4-11,13-14H,2-3,12,15H2,1H3,(H,24,29)(H,26,28). The number of hydrogen-bond acceptors (Lipinski definition) is 4. The maximum atomic E-state index is 13.0. The molecule has 0 bridgehead atoms. The van der Waals surface area contributed by atoms with E-state index in [0.717, 1.165) is 18.5 Å². The number of anilines is 1. The molecule has 0 radical (unpaired) electrons. The summed E-state index contributed by atoms with van der Waals surface area (Å²) in [6, 6.07) is 12.8. The number of carbonyl (C=O) groups excluding carboxylic acids is 2. The molecule has 0 saturated heterocycles. The van der Waals surface area contributed by atoms with Gasteiger partial charge in [0, 0.05) is 35.9 Å². The number of hydrogen-bond donors (Lipinski definition) is 2. The smallest absolute Gasteiger partial charge is 0.251 e. The van der Waals surface area contributed by atoms with Gasteiger partial charge >= 0.3 is 0 Å². The number of rotatable bonds is 9. The number of nitrogens with one attached hydrogen (secondary N) is 2. The van der Waals surface area contributed by atoms with Crippen LogP contribution in [0.25, 0.3) is 5.69 Å². The monoisotopic (exact) mass is 426 g/mol. The van der Waals surface area contributed by atoms with Gasteiger partial charge in [-0.2, -0.15) is 0 Å². The van der Waals surface area contributed by atoms with Crippen molar-refractivity contribution < 1.29 is 14.0 Å². The Kier molecular flexibility index (Phi) is 7.62. The largest absolute Gasteiger partial charge is 0.352 e. The minimum absolute atomic E-state index is 0.0901. The molecule has 3 aromatic rings. The Morgan fingerprint density at radius 2 is 1.83 bits per heavy atom. The molecule has 6 nitrogen and oxygen atoms in total. The first-order valence-electron chi connectivity index (χ1n) is 9.67. The first-order valence-corrected chi connectivity index (χ1v) is 10.7. The zero-order valence-electron chi connectivity index (χ0n) is 16.6. The molecule has 0 aliphatic carbocycles. The summed E-state index contributed by atoms with van der Waals surface area (Å²) in [5.74, 6) is -0.492. The molecule has 0 spiro atoms. The Hall–Kier alpha value is -3.13. The lowest BCUT2D eigenvalue weighted by atomic mass is 10.2. The number of aromatic nitrogens is 2. The first kappa shape index (κ1) is 21.6. The fourth-order valence-electron chi connectivity index (χ4n) is 2.71.